The Kier molecular flexibility index (Phi) is 6.66. The molecule has 0 bridgehead atoms. The van der Waals surface area contributed by atoms with Gasteiger partial charge >= 0.3 is 0 Å². The third kappa shape index (κ3) is 4.88. The molecule has 3 heterocycles. The first kappa shape index (κ1) is 22.9. The van der Waals surface area contributed by atoms with Gasteiger partial charge < -0.3 is 9.84 Å². The van der Waals surface area contributed by atoms with E-state index in [1.165, 1.54) is 15.6 Å². The second-order valence-electron chi connectivity index (χ2n) is 7.71. The van der Waals surface area contributed by atoms with E-state index in [4.69, 9.17) is 16.1 Å². The normalized spacial score (nSPS) is 17.4. The molecule has 11 heteroatoms. The molecule has 1 aliphatic heterocycles. The zero-order valence-corrected chi connectivity index (χ0v) is 20.1. The van der Waals surface area contributed by atoms with Crippen molar-refractivity contribution in [2.24, 2.45) is 5.92 Å². The van der Waals surface area contributed by atoms with Crippen LogP contribution in [0.5, 0.6) is 0 Å². The second-order valence-corrected chi connectivity index (χ2v) is 11.3. The van der Waals surface area contributed by atoms with Crippen LogP contribution in [0.1, 0.15) is 29.2 Å². The number of nitrogens with zero attached hydrogens (tertiary/aromatic N) is 3. The summed E-state index contributed by atoms with van der Waals surface area (Å²) < 4.78 is 33.1. The molecule has 0 aliphatic carbocycles. The lowest BCUT2D eigenvalue weighted by molar-refractivity contribution is -0.126. The topological polar surface area (TPSA) is 105 Å². The summed E-state index contributed by atoms with van der Waals surface area (Å²) in [6, 6.07) is 8.82. The standard InChI is InChI=1S/C21H23ClN4O4S2/c1-13-19(10-18(31-13)20-24-14(2)30-25-20)32(28,29)26-9-3-4-16(12-26)21(27)23-11-15-5-7-17(22)8-6-15/h5-8,10,16H,3-4,9,11-12H2,1-2H3,(H,23,27). The van der Waals surface area contributed by atoms with Crippen LogP contribution in [0.4, 0.5) is 0 Å². The fraction of sp³-hybridized carbons (Fsp3) is 0.381. The smallest absolute Gasteiger partial charge is 0.244 e. The molecule has 170 valence electrons. The predicted molar refractivity (Wildman–Crippen MR) is 122 cm³/mol. The van der Waals surface area contributed by atoms with Crippen molar-refractivity contribution in [1.29, 1.82) is 0 Å². The number of nitrogens with one attached hydrogen (secondary N) is 1. The molecule has 3 aromatic rings. The van der Waals surface area contributed by atoms with Gasteiger partial charge in [-0.3, -0.25) is 4.79 Å². The third-order valence-electron chi connectivity index (χ3n) is 5.37. The first-order valence-corrected chi connectivity index (χ1v) is 12.8. The van der Waals surface area contributed by atoms with Gasteiger partial charge in [0.05, 0.1) is 15.7 Å². The first-order valence-electron chi connectivity index (χ1n) is 10.2. The fourth-order valence-corrected chi connectivity index (χ4v) is 6.82. The Labute approximate surface area is 195 Å². The molecule has 1 unspecified atom stereocenters. The highest BCUT2D eigenvalue weighted by Gasteiger charge is 2.35. The Morgan fingerprint density at radius 3 is 2.75 bits per heavy atom. The van der Waals surface area contributed by atoms with Crippen LogP contribution in [0.3, 0.4) is 0 Å². The minimum atomic E-state index is -3.75. The van der Waals surface area contributed by atoms with E-state index in [2.05, 4.69) is 15.5 Å². The van der Waals surface area contributed by atoms with Crippen molar-refractivity contribution < 1.29 is 17.7 Å². The van der Waals surface area contributed by atoms with Gasteiger partial charge in [-0.15, -0.1) is 11.3 Å². The first-order chi connectivity index (χ1) is 15.2. The van der Waals surface area contributed by atoms with Crippen molar-refractivity contribution in [3.8, 4) is 10.7 Å². The summed E-state index contributed by atoms with van der Waals surface area (Å²) in [7, 11) is -3.75. The Hall–Kier alpha value is -2.27. The average molecular weight is 495 g/mol. The molecule has 1 aromatic carbocycles. The number of aromatic nitrogens is 2. The van der Waals surface area contributed by atoms with Crippen molar-refractivity contribution in [2.75, 3.05) is 13.1 Å². The number of carbonyl (C=O) groups is 1. The number of rotatable bonds is 6. The van der Waals surface area contributed by atoms with Gasteiger partial charge in [0.1, 0.15) is 0 Å². The van der Waals surface area contributed by atoms with Gasteiger partial charge in [-0.05, 0) is 43.5 Å². The fourth-order valence-electron chi connectivity index (χ4n) is 3.68. The lowest BCUT2D eigenvalue weighted by Gasteiger charge is -2.31. The summed E-state index contributed by atoms with van der Waals surface area (Å²) in [6.45, 7) is 4.35. The number of hydrogen-bond donors (Lipinski definition) is 1. The minimum Gasteiger partial charge on any atom is -0.352 e. The molecule has 8 nitrogen and oxygen atoms in total. The highest BCUT2D eigenvalue weighted by Crippen LogP contribution is 2.34. The summed E-state index contributed by atoms with van der Waals surface area (Å²) in [5.74, 6) is 0.239. The Morgan fingerprint density at radius 2 is 2.06 bits per heavy atom. The SMILES string of the molecule is Cc1nc(-c2cc(S(=O)(=O)N3CCCC(C(=O)NCc4ccc(Cl)cc4)C3)c(C)s2)no1. The van der Waals surface area contributed by atoms with Gasteiger partial charge in [0, 0.05) is 36.5 Å². The summed E-state index contributed by atoms with van der Waals surface area (Å²) in [5, 5.41) is 7.42. The van der Waals surface area contributed by atoms with Crippen LogP contribution in [-0.2, 0) is 21.4 Å². The second kappa shape index (κ2) is 9.30. The van der Waals surface area contributed by atoms with Gasteiger partial charge in [0.15, 0.2) is 0 Å². The molecule has 32 heavy (non-hydrogen) atoms. The minimum absolute atomic E-state index is 0.148. The zero-order valence-electron chi connectivity index (χ0n) is 17.7. The van der Waals surface area contributed by atoms with Crippen LogP contribution in [0, 0.1) is 19.8 Å². The van der Waals surface area contributed by atoms with E-state index in [0.29, 0.717) is 52.4 Å². The summed E-state index contributed by atoms with van der Waals surface area (Å²) in [4.78, 5) is 18.4. The number of carbonyl (C=O) groups excluding carboxylic acids is 1. The quantitative estimate of drug-likeness (QED) is 0.559. The molecule has 1 atom stereocenters. The van der Waals surface area contributed by atoms with Crippen LogP contribution in [-0.4, -0.2) is 41.9 Å². The molecule has 0 spiro atoms. The number of halogens is 1. The predicted octanol–water partition coefficient (Wildman–Crippen LogP) is 3.79. The van der Waals surface area contributed by atoms with E-state index >= 15 is 0 Å². The van der Waals surface area contributed by atoms with E-state index in [1.54, 1.807) is 32.0 Å². The lowest BCUT2D eigenvalue weighted by atomic mass is 9.99. The number of aryl methyl sites for hydroxylation is 2. The Balaban J connectivity index is 1.45. The van der Waals surface area contributed by atoms with Gasteiger partial charge in [0.25, 0.3) is 0 Å². The van der Waals surface area contributed by atoms with Crippen LogP contribution < -0.4 is 5.32 Å². The molecular formula is C21H23ClN4O4S2. The van der Waals surface area contributed by atoms with Crippen molar-refractivity contribution in [3.05, 3.63) is 51.7 Å². The molecule has 0 radical (unpaired) electrons. The van der Waals surface area contributed by atoms with Crippen molar-refractivity contribution in [2.45, 2.75) is 38.1 Å². The number of benzene rings is 1. The van der Waals surface area contributed by atoms with Crippen LogP contribution in [0.15, 0.2) is 39.8 Å². The van der Waals surface area contributed by atoms with Gasteiger partial charge in [0.2, 0.25) is 27.6 Å². The summed E-state index contributed by atoms with van der Waals surface area (Å²) >= 11 is 7.20. The van der Waals surface area contributed by atoms with Crippen LogP contribution in [0.25, 0.3) is 10.7 Å². The highest BCUT2D eigenvalue weighted by atomic mass is 35.5. The maximum Gasteiger partial charge on any atom is 0.244 e. The number of piperidine rings is 1. The van der Waals surface area contributed by atoms with Gasteiger partial charge in [-0.1, -0.05) is 28.9 Å². The summed E-state index contributed by atoms with van der Waals surface area (Å²) in [5.41, 5.74) is 0.932. The zero-order chi connectivity index (χ0) is 22.9. The van der Waals surface area contributed by atoms with Crippen molar-refractivity contribution in [1.82, 2.24) is 19.8 Å². The highest BCUT2D eigenvalue weighted by molar-refractivity contribution is 7.89. The molecule has 0 saturated carbocycles. The Bertz CT molecular complexity index is 1220. The molecule has 1 amide bonds. The van der Waals surface area contributed by atoms with Gasteiger partial charge in [-0.2, -0.15) is 9.29 Å². The van der Waals surface area contributed by atoms with E-state index in [0.717, 1.165) is 5.56 Å². The molecule has 1 fully saturated rings. The molecule has 1 N–H and O–H groups in total. The average Bonchev–Trinajstić information content (AvgIpc) is 3.39. The maximum absolute atomic E-state index is 13.4. The van der Waals surface area contributed by atoms with Crippen molar-refractivity contribution in [3.63, 3.8) is 0 Å². The largest absolute Gasteiger partial charge is 0.352 e. The van der Waals surface area contributed by atoms with E-state index < -0.39 is 15.9 Å². The lowest BCUT2D eigenvalue weighted by Crippen LogP contribution is -2.45. The molecule has 1 saturated heterocycles. The molecule has 1 aliphatic rings. The third-order valence-corrected chi connectivity index (χ3v) is 8.79. The summed E-state index contributed by atoms with van der Waals surface area (Å²) in [6.07, 6.45) is 1.27. The van der Waals surface area contributed by atoms with E-state index in [9.17, 15) is 13.2 Å². The number of amides is 1. The maximum atomic E-state index is 13.4. The van der Waals surface area contributed by atoms with E-state index in [-0.39, 0.29) is 17.3 Å². The van der Waals surface area contributed by atoms with Crippen LogP contribution in [0.2, 0.25) is 5.02 Å². The van der Waals surface area contributed by atoms with Crippen molar-refractivity contribution >= 4 is 38.9 Å². The van der Waals surface area contributed by atoms with Gasteiger partial charge in [-0.25, -0.2) is 8.42 Å². The molecule has 4 rings (SSSR count). The monoisotopic (exact) mass is 494 g/mol. The Morgan fingerprint density at radius 1 is 1.31 bits per heavy atom. The number of thiophene rings is 1. The number of sulfonamides is 1. The molecule has 2 aromatic heterocycles. The molecular weight excluding hydrogens is 472 g/mol. The van der Waals surface area contributed by atoms with Crippen LogP contribution >= 0.6 is 22.9 Å². The van der Waals surface area contributed by atoms with E-state index in [1.807, 2.05) is 12.1 Å². The number of hydrogen-bond acceptors (Lipinski definition) is 7.